The Bertz CT molecular complexity index is 723. The molecule has 2 aromatic rings. The Balaban J connectivity index is 2.27. The fourth-order valence-corrected chi connectivity index (χ4v) is 1.86. The lowest BCUT2D eigenvalue weighted by Crippen LogP contribution is -2.27. The molecule has 0 spiro atoms. The van der Waals surface area contributed by atoms with Crippen LogP contribution in [0.5, 0.6) is 0 Å². The van der Waals surface area contributed by atoms with Gasteiger partial charge in [0.25, 0.3) is 0 Å². The van der Waals surface area contributed by atoms with E-state index in [2.05, 4.69) is 15.3 Å². The van der Waals surface area contributed by atoms with E-state index in [1.54, 1.807) is 20.8 Å². The van der Waals surface area contributed by atoms with E-state index in [0.717, 1.165) is 12.1 Å². The Labute approximate surface area is 136 Å². The molecule has 0 unspecified atom stereocenters. The Morgan fingerprint density at radius 3 is 2.17 bits per heavy atom. The number of alkyl halides is 3. The highest BCUT2D eigenvalue weighted by molar-refractivity contribution is 5.88. The molecular formula is C16H16F3N3O2. The van der Waals surface area contributed by atoms with Gasteiger partial charge in [-0.05, 0) is 32.9 Å². The molecule has 1 amide bonds. The van der Waals surface area contributed by atoms with Crippen LogP contribution >= 0.6 is 0 Å². The number of amides is 1. The number of hydrogen-bond donors (Lipinski definition) is 1. The second-order valence-corrected chi connectivity index (χ2v) is 5.96. The van der Waals surface area contributed by atoms with Gasteiger partial charge in [-0.2, -0.15) is 13.2 Å². The van der Waals surface area contributed by atoms with Gasteiger partial charge in [0.2, 0.25) is 0 Å². The quantitative estimate of drug-likeness (QED) is 0.874. The minimum absolute atomic E-state index is 0.103. The van der Waals surface area contributed by atoms with Gasteiger partial charge in [0.05, 0.1) is 5.56 Å². The lowest BCUT2D eigenvalue weighted by Gasteiger charge is -2.20. The summed E-state index contributed by atoms with van der Waals surface area (Å²) in [5.74, 6) is 0.103. The van der Waals surface area contributed by atoms with Crippen molar-refractivity contribution in [1.82, 2.24) is 9.97 Å². The number of nitrogens with one attached hydrogen (secondary N) is 1. The van der Waals surface area contributed by atoms with Gasteiger partial charge in [0, 0.05) is 18.0 Å². The minimum atomic E-state index is -4.42. The van der Waals surface area contributed by atoms with Gasteiger partial charge in [-0.1, -0.05) is 12.1 Å². The highest BCUT2D eigenvalue weighted by atomic mass is 19.4. The summed E-state index contributed by atoms with van der Waals surface area (Å²) in [5.41, 5.74) is -0.822. The van der Waals surface area contributed by atoms with Gasteiger partial charge in [0.15, 0.2) is 5.82 Å². The SMILES string of the molecule is CC(C)(C)OC(=O)Nc1nccnc1-c1ccc(C(F)(F)F)cc1. The number of aromatic nitrogens is 2. The van der Waals surface area contributed by atoms with Crippen molar-refractivity contribution in [3.05, 3.63) is 42.2 Å². The van der Waals surface area contributed by atoms with Gasteiger partial charge in [-0.3, -0.25) is 10.3 Å². The number of ether oxygens (including phenoxy) is 1. The van der Waals surface area contributed by atoms with E-state index in [4.69, 9.17) is 4.74 Å². The summed E-state index contributed by atoms with van der Waals surface area (Å²) < 4.78 is 43.0. The molecule has 0 aliphatic heterocycles. The molecule has 1 aromatic carbocycles. The molecule has 0 aliphatic rings. The van der Waals surface area contributed by atoms with Crippen LogP contribution < -0.4 is 5.32 Å². The fourth-order valence-electron chi connectivity index (χ4n) is 1.86. The molecule has 0 fully saturated rings. The summed E-state index contributed by atoms with van der Waals surface area (Å²) in [5, 5.41) is 2.45. The van der Waals surface area contributed by atoms with Crippen molar-refractivity contribution in [2.75, 3.05) is 5.32 Å². The maximum Gasteiger partial charge on any atom is 0.416 e. The largest absolute Gasteiger partial charge is 0.444 e. The average molecular weight is 339 g/mol. The molecule has 8 heteroatoms. The first kappa shape index (κ1) is 17.7. The Hall–Kier alpha value is -2.64. The normalized spacial score (nSPS) is 11.9. The number of carbonyl (C=O) groups is 1. The molecule has 0 saturated carbocycles. The van der Waals surface area contributed by atoms with Gasteiger partial charge >= 0.3 is 12.3 Å². The van der Waals surface area contributed by atoms with Gasteiger partial charge in [-0.15, -0.1) is 0 Å². The fraction of sp³-hybridized carbons (Fsp3) is 0.312. The number of carbonyl (C=O) groups excluding carboxylic acids is 1. The van der Waals surface area contributed by atoms with Crippen LogP contribution in [0.1, 0.15) is 26.3 Å². The molecule has 1 heterocycles. The highest BCUT2D eigenvalue weighted by Gasteiger charge is 2.30. The van der Waals surface area contributed by atoms with Gasteiger partial charge in [-0.25, -0.2) is 9.78 Å². The van der Waals surface area contributed by atoms with E-state index in [9.17, 15) is 18.0 Å². The molecule has 1 N–H and O–H groups in total. The van der Waals surface area contributed by atoms with Crippen LogP contribution in [-0.4, -0.2) is 21.7 Å². The molecular weight excluding hydrogens is 323 g/mol. The zero-order valence-electron chi connectivity index (χ0n) is 13.3. The van der Waals surface area contributed by atoms with Gasteiger partial charge < -0.3 is 4.74 Å². The van der Waals surface area contributed by atoms with Crippen molar-refractivity contribution < 1.29 is 22.7 Å². The van der Waals surface area contributed by atoms with E-state index < -0.39 is 23.4 Å². The Morgan fingerprint density at radius 2 is 1.62 bits per heavy atom. The number of anilines is 1. The monoisotopic (exact) mass is 339 g/mol. The summed E-state index contributed by atoms with van der Waals surface area (Å²) in [6.45, 7) is 5.13. The summed E-state index contributed by atoms with van der Waals surface area (Å²) in [6, 6.07) is 4.43. The Morgan fingerprint density at radius 1 is 1.04 bits per heavy atom. The smallest absolute Gasteiger partial charge is 0.416 e. The van der Waals surface area contributed by atoms with Crippen LogP contribution in [0.3, 0.4) is 0 Å². The van der Waals surface area contributed by atoms with E-state index in [0.29, 0.717) is 5.56 Å². The molecule has 0 saturated heterocycles. The van der Waals surface area contributed by atoms with Crippen LogP contribution in [0.25, 0.3) is 11.3 Å². The maximum absolute atomic E-state index is 12.6. The van der Waals surface area contributed by atoms with Crippen LogP contribution in [0.4, 0.5) is 23.8 Å². The molecule has 1 aromatic heterocycles. The van der Waals surface area contributed by atoms with Crippen molar-refractivity contribution >= 4 is 11.9 Å². The first-order chi connectivity index (χ1) is 11.1. The predicted octanol–water partition coefficient (Wildman–Crippen LogP) is 4.51. The van der Waals surface area contributed by atoms with E-state index in [1.807, 2.05) is 0 Å². The predicted molar refractivity (Wildman–Crippen MR) is 82.3 cm³/mol. The van der Waals surface area contributed by atoms with Crippen LogP contribution in [0, 0.1) is 0 Å². The zero-order chi connectivity index (χ0) is 18.0. The van der Waals surface area contributed by atoms with Crippen LogP contribution in [-0.2, 0) is 10.9 Å². The Kier molecular flexibility index (Phi) is 4.77. The van der Waals surface area contributed by atoms with Crippen molar-refractivity contribution in [1.29, 1.82) is 0 Å². The third-order valence-corrected chi connectivity index (χ3v) is 2.80. The van der Waals surface area contributed by atoms with Crippen molar-refractivity contribution in [3.8, 4) is 11.3 Å². The molecule has 128 valence electrons. The minimum Gasteiger partial charge on any atom is -0.444 e. The van der Waals surface area contributed by atoms with Crippen LogP contribution in [0.15, 0.2) is 36.7 Å². The number of hydrogen-bond acceptors (Lipinski definition) is 4. The number of nitrogens with zero attached hydrogens (tertiary/aromatic N) is 2. The highest BCUT2D eigenvalue weighted by Crippen LogP contribution is 2.31. The summed E-state index contributed by atoms with van der Waals surface area (Å²) in [4.78, 5) is 19.9. The summed E-state index contributed by atoms with van der Waals surface area (Å²) in [6.07, 6.45) is -2.40. The number of halogens is 3. The van der Waals surface area contributed by atoms with Crippen molar-refractivity contribution in [2.45, 2.75) is 32.5 Å². The van der Waals surface area contributed by atoms with Crippen molar-refractivity contribution in [3.63, 3.8) is 0 Å². The molecule has 5 nitrogen and oxygen atoms in total. The first-order valence-corrected chi connectivity index (χ1v) is 7.05. The molecule has 2 rings (SSSR count). The lowest BCUT2D eigenvalue weighted by atomic mass is 10.1. The third-order valence-electron chi connectivity index (χ3n) is 2.80. The first-order valence-electron chi connectivity index (χ1n) is 7.05. The molecule has 24 heavy (non-hydrogen) atoms. The van der Waals surface area contributed by atoms with E-state index in [1.165, 1.54) is 24.5 Å². The third kappa shape index (κ3) is 4.68. The van der Waals surface area contributed by atoms with Gasteiger partial charge in [0.1, 0.15) is 11.3 Å². The van der Waals surface area contributed by atoms with E-state index in [-0.39, 0.29) is 11.5 Å². The molecule has 0 aliphatic carbocycles. The zero-order valence-corrected chi connectivity index (χ0v) is 13.3. The molecule has 0 radical (unpaired) electrons. The second kappa shape index (κ2) is 6.46. The number of rotatable bonds is 2. The van der Waals surface area contributed by atoms with Crippen LogP contribution in [0.2, 0.25) is 0 Å². The standard InChI is InChI=1S/C16H16F3N3O2/c1-15(2,3)24-14(23)22-13-12(20-8-9-21-13)10-4-6-11(7-5-10)16(17,18)19/h4-9H,1-3H3,(H,21,22,23). The topological polar surface area (TPSA) is 64.1 Å². The molecule has 0 atom stereocenters. The number of benzene rings is 1. The molecule has 0 bridgehead atoms. The summed E-state index contributed by atoms with van der Waals surface area (Å²) >= 11 is 0. The van der Waals surface area contributed by atoms with E-state index >= 15 is 0 Å². The second-order valence-electron chi connectivity index (χ2n) is 5.96. The van der Waals surface area contributed by atoms with Crippen molar-refractivity contribution in [2.24, 2.45) is 0 Å². The maximum atomic E-state index is 12.6. The average Bonchev–Trinajstić information content (AvgIpc) is 2.45. The summed E-state index contributed by atoms with van der Waals surface area (Å²) in [7, 11) is 0. The lowest BCUT2D eigenvalue weighted by molar-refractivity contribution is -0.137.